The molecule has 4 heteroatoms. The van der Waals surface area contributed by atoms with Gasteiger partial charge in [-0.15, -0.1) is 0 Å². The fraction of sp³-hybridized carbons (Fsp3) is 0.500. The number of nitrogens with two attached hydrogens (primary N) is 1. The van der Waals surface area contributed by atoms with Crippen LogP contribution in [0.15, 0.2) is 24.3 Å². The van der Waals surface area contributed by atoms with Gasteiger partial charge in [0.2, 0.25) is 0 Å². The van der Waals surface area contributed by atoms with Crippen molar-refractivity contribution in [3.05, 3.63) is 24.3 Å². The largest absolute Gasteiger partial charge is 0.333 e. The van der Waals surface area contributed by atoms with Crippen molar-refractivity contribution in [1.82, 2.24) is 4.98 Å². The lowest BCUT2D eigenvalue weighted by Gasteiger charge is -2.36. The Morgan fingerprint density at radius 1 is 1.44 bits per heavy atom. The molecular weight excluding hydrogens is 242 g/mol. The first kappa shape index (κ1) is 11.9. The molecule has 0 saturated carbocycles. The van der Waals surface area contributed by atoms with Crippen LogP contribution < -0.4 is 10.6 Å². The van der Waals surface area contributed by atoms with Gasteiger partial charge in [-0.2, -0.15) is 0 Å². The highest BCUT2D eigenvalue weighted by molar-refractivity contribution is 7.22. The summed E-state index contributed by atoms with van der Waals surface area (Å²) < 4.78 is 1.25. The number of anilines is 1. The minimum Gasteiger partial charge on any atom is -0.333 e. The molecule has 1 aliphatic heterocycles. The van der Waals surface area contributed by atoms with E-state index in [-0.39, 0.29) is 6.17 Å². The molecule has 0 aliphatic carbocycles. The van der Waals surface area contributed by atoms with Gasteiger partial charge in [0, 0.05) is 6.54 Å². The molecule has 1 aliphatic rings. The number of fused-ring (bicyclic) bond motifs is 1. The van der Waals surface area contributed by atoms with E-state index in [4.69, 9.17) is 10.7 Å². The molecule has 0 amide bonds. The topological polar surface area (TPSA) is 42.2 Å². The maximum Gasteiger partial charge on any atom is 0.187 e. The van der Waals surface area contributed by atoms with Crippen molar-refractivity contribution in [3.63, 3.8) is 0 Å². The van der Waals surface area contributed by atoms with Crippen molar-refractivity contribution < 1.29 is 0 Å². The second-order valence-electron chi connectivity index (χ2n) is 5.02. The predicted octanol–water partition coefficient (Wildman–Crippen LogP) is 3.21. The van der Waals surface area contributed by atoms with E-state index >= 15 is 0 Å². The Kier molecular flexibility index (Phi) is 3.22. The van der Waals surface area contributed by atoms with E-state index in [1.165, 1.54) is 17.5 Å². The monoisotopic (exact) mass is 261 g/mol. The molecule has 2 aromatic rings. The zero-order valence-corrected chi connectivity index (χ0v) is 11.5. The Morgan fingerprint density at radius 2 is 2.28 bits per heavy atom. The predicted molar refractivity (Wildman–Crippen MR) is 78.0 cm³/mol. The SMILES string of the molecule is CCC1CCN(c2nc3ccccc3s2)C(N)C1. The number of thiazole rings is 1. The van der Waals surface area contributed by atoms with E-state index in [1.807, 2.05) is 6.07 Å². The Balaban J connectivity index is 1.86. The summed E-state index contributed by atoms with van der Waals surface area (Å²) >= 11 is 1.75. The van der Waals surface area contributed by atoms with Crippen LogP contribution in [0.1, 0.15) is 26.2 Å². The second kappa shape index (κ2) is 4.86. The molecular formula is C14H19N3S. The van der Waals surface area contributed by atoms with E-state index in [1.54, 1.807) is 11.3 Å². The van der Waals surface area contributed by atoms with E-state index in [2.05, 4.69) is 30.0 Å². The van der Waals surface area contributed by atoms with Crippen LogP contribution in [-0.2, 0) is 0 Å². The maximum absolute atomic E-state index is 6.29. The molecule has 1 saturated heterocycles. The Hall–Kier alpha value is -1.13. The number of benzene rings is 1. The molecule has 3 rings (SSSR count). The Morgan fingerprint density at radius 3 is 3.00 bits per heavy atom. The molecule has 0 spiro atoms. The molecule has 96 valence electrons. The molecule has 18 heavy (non-hydrogen) atoms. The molecule has 1 fully saturated rings. The standard InChI is InChI=1S/C14H19N3S/c1-2-10-7-8-17(13(15)9-10)14-16-11-5-3-4-6-12(11)18-14/h3-6,10,13H,2,7-9,15H2,1H3. The average molecular weight is 261 g/mol. The second-order valence-corrected chi connectivity index (χ2v) is 6.03. The summed E-state index contributed by atoms with van der Waals surface area (Å²) in [5.74, 6) is 0.783. The highest BCUT2D eigenvalue weighted by Crippen LogP contribution is 2.33. The first-order valence-corrected chi connectivity index (χ1v) is 7.47. The van der Waals surface area contributed by atoms with Crippen LogP contribution in [0.25, 0.3) is 10.2 Å². The van der Waals surface area contributed by atoms with Crippen LogP contribution in [-0.4, -0.2) is 17.7 Å². The Bertz CT molecular complexity index is 504. The summed E-state index contributed by atoms with van der Waals surface area (Å²) in [6.07, 6.45) is 3.69. The summed E-state index contributed by atoms with van der Waals surface area (Å²) in [5, 5.41) is 1.08. The molecule has 2 unspecified atom stereocenters. The zero-order valence-electron chi connectivity index (χ0n) is 10.7. The minimum atomic E-state index is 0.129. The maximum atomic E-state index is 6.29. The van der Waals surface area contributed by atoms with Crippen LogP contribution in [0.2, 0.25) is 0 Å². The number of aromatic nitrogens is 1. The Labute approximate surface area is 112 Å². The number of hydrogen-bond donors (Lipinski definition) is 1. The van der Waals surface area contributed by atoms with Gasteiger partial charge in [0.15, 0.2) is 5.13 Å². The van der Waals surface area contributed by atoms with E-state index in [9.17, 15) is 0 Å². The highest BCUT2D eigenvalue weighted by Gasteiger charge is 2.26. The number of rotatable bonds is 2. The van der Waals surface area contributed by atoms with E-state index < -0.39 is 0 Å². The summed E-state index contributed by atoms with van der Waals surface area (Å²) in [6, 6.07) is 8.29. The van der Waals surface area contributed by atoms with Crippen molar-refractivity contribution in [2.75, 3.05) is 11.4 Å². The van der Waals surface area contributed by atoms with Gasteiger partial charge < -0.3 is 10.6 Å². The van der Waals surface area contributed by atoms with Crippen LogP contribution in [0.3, 0.4) is 0 Å². The van der Waals surface area contributed by atoms with Gasteiger partial charge in [0.25, 0.3) is 0 Å². The third kappa shape index (κ3) is 2.10. The lowest BCUT2D eigenvalue weighted by atomic mass is 9.93. The van der Waals surface area contributed by atoms with Gasteiger partial charge in [-0.25, -0.2) is 4.98 Å². The number of nitrogens with zero attached hydrogens (tertiary/aromatic N) is 2. The minimum absolute atomic E-state index is 0.129. The molecule has 2 heterocycles. The van der Waals surface area contributed by atoms with Crippen molar-refractivity contribution in [2.45, 2.75) is 32.4 Å². The van der Waals surface area contributed by atoms with Crippen molar-refractivity contribution in [2.24, 2.45) is 11.7 Å². The number of para-hydroxylation sites is 1. The molecule has 3 nitrogen and oxygen atoms in total. The fourth-order valence-electron chi connectivity index (χ4n) is 2.67. The summed E-state index contributed by atoms with van der Waals surface area (Å²) in [6.45, 7) is 3.30. The molecule has 2 atom stereocenters. The molecule has 0 bridgehead atoms. The van der Waals surface area contributed by atoms with Crippen LogP contribution in [0.4, 0.5) is 5.13 Å². The van der Waals surface area contributed by atoms with E-state index in [0.29, 0.717) is 0 Å². The normalized spacial score (nSPS) is 24.7. The van der Waals surface area contributed by atoms with Gasteiger partial charge in [-0.3, -0.25) is 0 Å². The third-order valence-electron chi connectivity index (χ3n) is 3.86. The first-order chi connectivity index (χ1) is 8.78. The summed E-state index contributed by atoms with van der Waals surface area (Å²) in [5.41, 5.74) is 7.38. The van der Waals surface area contributed by atoms with Crippen molar-refractivity contribution in [3.8, 4) is 0 Å². The van der Waals surface area contributed by atoms with Crippen LogP contribution in [0.5, 0.6) is 0 Å². The van der Waals surface area contributed by atoms with Crippen LogP contribution in [0, 0.1) is 5.92 Å². The third-order valence-corrected chi connectivity index (χ3v) is 4.93. The quantitative estimate of drug-likeness (QED) is 0.902. The van der Waals surface area contributed by atoms with Gasteiger partial charge >= 0.3 is 0 Å². The van der Waals surface area contributed by atoms with Gasteiger partial charge in [-0.05, 0) is 30.9 Å². The molecule has 1 aromatic heterocycles. The van der Waals surface area contributed by atoms with E-state index in [0.717, 1.165) is 29.5 Å². The lowest BCUT2D eigenvalue weighted by molar-refractivity contribution is 0.337. The summed E-state index contributed by atoms with van der Waals surface area (Å²) in [4.78, 5) is 6.98. The first-order valence-electron chi connectivity index (χ1n) is 6.65. The zero-order chi connectivity index (χ0) is 12.5. The number of hydrogen-bond acceptors (Lipinski definition) is 4. The van der Waals surface area contributed by atoms with Crippen molar-refractivity contribution in [1.29, 1.82) is 0 Å². The molecule has 0 radical (unpaired) electrons. The van der Waals surface area contributed by atoms with Gasteiger partial charge in [-0.1, -0.05) is 36.8 Å². The fourth-order valence-corrected chi connectivity index (χ4v) is 3.71. The molecule has 2 N–H and O–H groups in total. The molecule has 1 aromatic carbocycles. The lowest BCUT2D eigenvalue weighted by Crippen LogP contribution is -2.48. The number of piperidine rings is 1. The van der Waals surface area contributed by atoms with Crippen LogP contribution >= 0.6 is 11.3 Å². The van der Waals surface area contributed by atoms with Gasteiger partial charge in [0.1, 0.15) is 0 Å². The van der Waals surface area contributed by atoms with Gasteiger partial charge in [0.05, 0.1) is 16.4 Å². The average Bonchev–Trinajstić information content (AvgIpc) is 2.81. The smallest absolute Gasteiger partial charge is 0.187 e. The highest BCUT2D eigenvalue weighted by atomic mass is 32.1. The van der Waals surface area contributed by atoms with Crippen molar-refractivity contribution >= 4 is 26.7 Å². The summed E-state index contributed by atoms with van der Waals surface area (Å²) in [7, 11) is 0.